The topological polar surface area (TPSA) is 139 Å². The molecule has 0 bridgehead atoms. The number of hydrogen-bond acceptors (Lipinski definition) is 8. The number of benzene rings is 1. The van der Waals surface area contributed by atoms with Crippen molar-refractivity contribution in [2.75, 3.05) is 5.73 Å². The molecule has 0 spiro atoms. The van der Waals surface area contributed by atoms with Crippen LogP contribution >= 0.6 is 0 Å². The summed E-state index contributed by atoms with van der Waals surface area (Å²) in [6.45, 7) is 3.76. The van der Waals surface area contributed by atoms with Crippen molar-refractivity contribution < 1.29 is 9.34 Å². The standard InChI is InChI=1S/C17H15N7O3/c1-9-6-11(7-10(2)15(9)24(25)26)8-23-16-14(21-22-23)13(19-17(18)20-16)12-4-3-5-27-12/h3-7H,8H2,1-2H3,(H2,18,19,20). The van der Waals surface area contributed by atoms with E-state index in [2.05, 4.69) is 20.3 Å². The van der Waals surface area contributed by atoms with E-state index >= 15 is 0 Å². The molecule has 0 fully saturated rings. The van der Waals surface area contributed by atoms with Crippen molar-refractivity contribution in [3.8, 4) is 11.5 Å². The molecule has 3 heterocycles. The van der Waals surface area contributed by atoms with Gasteiger partial charge in [-0.3, -0.25) is 10.1 Å². The van der Waals surface area contributed by atoms with E-state index in [1.165, 1.54) is 6.26 Å². The van der Waals surface area contributed by atoms with Crippen LogP contribution in [0.25, 0.3) is 22.6 Å². The summed E-state index contributed by atoms with van der Waals surface area (Å²) in [6, 6.07) is 7.02. The van der Waals surface area contributed by atoms with Crippen LogP contribution in [0.4, 0.5) is 11.6 Å². The van der Waals surface area contributed by atoms with Gasteiger partial charge in [0.1, 0.15) is 5.69 Å². The first kappa shape index (κ1) is 16.6. The lowest BCUT2D eigenvalue weighted by Gasteiger charge is -2.07. The van der Waals surface area contributed by atoms with Gasteiger partial charge in [0.25, 0.3) is 5.69 Å². The van der Waals surface area contributed by atoms with Gasteiger partial charge in [-0.2, -0.15) is 4.98 Å². The Morgan fingerprint density at radius 1 is 1.26 bits per heavy atom. The van der Waals surface area contributed by atoms with E-state index in [0.717, 1.165) is 5.56 Å². The molecule has 3 aromatic heterocycles. The van der Waals surface area contributed by atoms with Gasteiger partial charge in [-0.05, 0) is 43.7 Å². The first-order chi connectivity index (χ1) is 12.9. The zero-order valence-corrected chi connectivity index (χ0v) is 14.6. The number of nitrogen functional groups attached to an aromatic ring is 1. The van der Waals surface area contributed by atoms with Crippen LogP contribution in [-0.2, 0) is 6.54 Å². The molecule has 27 heavy (non-hydrogen) atoms. The maximum atomic E-state index is 11.2. The van der Waals surface area contributed by atoms with Crippen molar-refractivity contribution in [2.45, 2.75) is 20.4 Å². The lowest BCUT2D eigenvalue weighted by Crippen LogP contribution is -2.06. The van der Waals surface area contributed by atoms with Crippen LogP contribution in [0, 0.1) is 24.0 Å². The molecule has 2 N–H and O–H groups in total. The second kappa shape index (κ2) is 6.16. The molecule has 136 valence electrons. The lowest BCUT2D eigenvalue weighted by molar-refractivity contribution is -0.386. The monoisotopic (exact) mass is 365 g/mol. The van der Waals surface area contributed by atoms with Crippen molar-refractivity contribution in [3.63, 3.8) is 0 Å². The Bertz CT molecular complexity index is 1140. The Balaban J connectivity index is 1.79. The summed E-state index contributed by atoms with van der Waals surface area (Å²) in [7, 11) is 0. The fourth-order valence-corrected chi connectivity index (χ4v) is 3.16. The third kappa shape index (κ3) is 2.86. The Kier molecular flexibility index (Phi) is 3.80. The van der Waals surface area contributed by atoms with E-state index in [1.807, 2.05) is 0 Å². The first-order valence-electron chi connectivity index (χ1n) is 8.09. The highest BCUT2D eigenvalue weighted by molar-refractivity contribution is 5.85. The third-order valence-electron chi connectivity index (χ3n) is 4.20. The Labute approximate surface area is 152 Å². The summed E-state index contributed by atoms with van der Waals surface area (Å²) in [6.07, 6.45) is 1.53. The number of fused-ring (bicyclic) bond motifs is 1. The number of nitrogens with zero attached hydrogens (tertiary/aromatic N) is 6. The van der Waals surface area contributed by atoms with Gasteiger partial charge in [0.2, 0.25) is 5.95 Å². The van der Waals surface area contributed by atoms with Crippen LogP contribution in [-0.4, -0.2) is 29.9 Å². The van der Waals surface area contributed by atoms with E-state index in [0.29, 0.717) is 40.3 Å². The largest absolute Gasteiger partial charge is 0.463 e. The Hall–Kier alpha value is -3.82. The summed E-state index contributed by atoms with van der Waals surface area (Å²) in [4.78, 5) is 19.3. The number of anilines is 1. The maximum absolute atomic E-state index is 11.2. The predicted octanol–water partition coefficient (Wildman–Crippen LogP) is 2.64. The minimum atomic E-state index is -0.372. The van der Waals surface area contributed by atoms with Crippen LogP contribution in [0.15, 0.2) is 34.9 Å². The Morgan fingerprint density at radius 2 is 2.00 bits per heavy atom. The number of nitro benzene ring substituents is 1. The van der Waals surface area contributed by atoms with Crippen molar-refractivity contribution in [1.29, 1.82) is 0 Å². The van der Waals surface area contributed by atoms with Gasteiger partial charge >= 0.3 is 0 Å². The highest BCUT2D eigenvalue weighted by atomic mass is 16.6. The lowest BCUT2D eigenvalue weighted by atomic mass is 10.0. The number of nitrogens with two attached hydrogens (primary N) is 1. The highest BCUT2D eigenvalue weighted by Crippen LogP contribution is 2.27. The zero-order valence-electron chi connectivity index (χ0n) is 14.6. The fourth-order valence-electron chi connectivity index (χ4n) is 3.16. The number of hydrogen-bond donors (Lipinski definition) is 1. The van der Waals surface area contributed by atoms with E-state index in [1.54, 1.807) is 42.8 Å². The van der Waals surface area contributed by atoms with E-state index in [4.69, 9.17) is 10.2 Å². The van der Waals surface area contributed by atoms with Gasteiger partial charge in [0, 0.05) is 11.1 Å². The molecule has 10 heteroatoms. The molecule has 0 aliphatic carbocycles. The third-order valence-corrected chi connectivity index (χ3v) is 4.20. The van der Waals surface area contributed by atoms with Gasteiger partial charge in [0.05, 0.1) is 17.7 Å². The molecular weight excluding hydrogens is 350 g/mol. The maximum Gasteiger partial charge on any atom is 0.275 e. The van der Waals surface area contributed by atoms with Crippen molar-refractivity contribution in [3.05, 3.63) is 57.3 Å². The molecule has 0 radical (unpaired) electrons. The van der Waals surface area contributed by atoms with Crippen LogP contribution in [0.3, 0.4) is 0 Å². The minimum Gasteiger partial charge on any atom is -0.463 e. The van der Waals surface area contributed by atoms with Crippen LogP contribution in [0.1, 0.15) is 16.7 Å². The van der Waals surface area contributed by atoms with Gasteiger partial charge in [-0.25, -0.2) is 9.67 Å². The fraction of sp³-hybridized carbons (Fsp3) is 0.176. The number of nitro groups is 1. The smallest absolute Gasteiger partial charge is 0.275 e. The zero-order chi connectivity index (χ0) is 19.1. The summed E-state index contributed by atoms with van der Waals surface area (Å²) >= 11 is 0. The van der Waals surface area contributed by atoms with Gasteiger partial charge in [0.15, 0.2) is 16.9 Å². The molecule has 0 unspecified atom stereocenters. The minimum absolute atomic E-state index is 0.0773. The second-order valence-electron chi connectivity index (χ2n) is 6.16. The van der Waals surface area contributed by atoms with Crippen molar-refractivity contribution in [2.24, 2.45) is 0 Å². The molecule has 1 aromatic carbocycles. The summed E-state index contributed by atoms with van der Waals surface area (Å²) in [5, 5.41) is 19.5. The normalized spacial score (nSPS) is 11.2. The molecular formula is C17H15N7O3. The van der Waals surface area contributed by atoms with Crippen molar-refractivity contribution >= 4 is 22.8 Å². The van der Waals surface area contributed by atoms with Crippen molar-refractivity contribution in [1.82, 2.24) is 25.0 Å². The number of furan rings is 1. The summed E-state index contributed by atoms with van der Waals surface area (Å²) in [5.41, 5.74) is 9.38. The Morgan fingerprint density at radius 3 is 2.63 bits per heavy atom. The van der Waals surface area contributed by atoms with E-state index in [9.17, 15) is 10.1 Å². The molecule has 0 aliphatic rings. The first-order valence-corrected chi connectivity index (χ1v) is 8.09. The second-order valence-corrected chi connectivity index (χ2v) is 6.16. The molecule has 4 rings (SSSR count). The molecule has 0 amide bonds. The molecule has 0 aliphatic heterocycles. The molecule has 0 saturated carbocycles. The number of rotatable bonds is 4. The van der Waals surface area contributed by atoms with Crippen LogP contribution in [0.5, 0.6) is 0 Å². The van der Waals surface area contributed by atoms with E-state index < -0.39 is 0 Å². The molecule has 10 nitrogen and oxygen atoms in total. The average molecular weight is 365 g/mol. The van der Waals surface area contributed by atoms with Gasteiger partial charge < -0.3 is 10.2 Å². The number of aryl methyl sites for hydroxylation is 2. The summed E-state index contributed by atoms with van der Waals surface area (Å²) < 4.78 is 6.97. The van der Waals surface area contributed by atoms with Gasteiger partial charge in [-0.1, -0.05) is 5.21 Å². The average Bonchev–Trinajstić information content (AvgIpc) is 3.24. The number of aromatic nitrogens is 5. The van der Waals surface area contributed by atoms with Gasteiger partial charge in [-0.15, -0.1) is 5.10 Å². The molecule has 0 atom stereocenters. The van der Waals surface area contributed by atoms with E-state index in [-0.39, 0.29) is 16.6 Å². The predicted molar refractivity (Wildman–Crippen MR) is 96.9 cm³/mol. The van der Waals surface area contributed by atoms with Crippen LogP contribution < -0.4 is 5.73 Å². The molecule has 4 aromatic rings. The quantitative estimate of drug-likeness (QED) is 0.430. The van der Waals surface area contributed by atoms with Crippen LogP contribution in [0.2, 0.25) is 0 Å². The SMILES string of the molecule is Cc1cc(Cn2nnc3c(-c4ccco4)nc(N)nc32)cc(C)c1[N+](=O)[O-]. The summed E-state index contributed by atoms with van der Waals surface area (Å²) in [5.74, 6) is 0.594. The highest BCUT2D eigenvalue weighted by Gasteiger charge is 2.19. The molecule has 0 saturated heterocycles.